The summed E-state index contributed by atoms with van der Waals surface area (Å²) in [6.45, 7) is 3.63. The zero-order chi connectivity index (χ0) is 27.4. The molecular formula is C28H32ClN5O4. The summed E-state index contributed by atoms with van der Waals surface area (Å²) in [5.41, 5.74) is 1.53. The van der Waals surface area contributed by atoms with E-state index in [4.69, 9.17) is 16.6 Å². The monoisotopic (exact) mass is 537 g/mol. The van der Waals surface area contributed by atoms with Gasteiger partial charge in [0.2, 0.25) is 11.8 Å². The van der Waals surface area contributed by atoms with Crippen molar-refractivity contribution in [2.24, 2.45) is 10.9 Å². The summed E-state index contributed by atoms with van der Waals surface area (Å²) in [7, 11) is 3.13. The van der Waals surface area contributed by atoms with Crippen molar-refractivity contribution in [3.05, 3.63) is 70.9 Å². The molecule has 0 saturated heterocycles. The van der Waals surface area contributed by atoms with E-state index in [1.807, 2.05) is 6.07 Å². The third kappa shape index (κ3) is 5.57. The predicted molar refractivity (Wildman–Crippen MR) is 145 cm³/mol. The Morgan fingerprint density at radius 1 is 1.18 bits per heavy atom. The number of imide groups is 1. The predicted octanol–water partition coefficient (Wildman–Crippen LogP) is 3.56. The van der Waals surface area contributed by atoms with Gasteiger partial charge in [-0.1, -0.05) is 49.2 Å². The van der Waals surface area contributed by atoms with Crippen molar-refractivity contribution in [3.63, 3.8) is 0 Å². The molecule has 1 atom stereocenters. The molecule has 9 nitrogen and oxygen atoms in total. The quantitative estimate of drug-likeness (QED) is 0.554. The highest BCUT2D eigenvalue weighted by Gasteiger charge is 2.50. The van der Waals surface area contributed by atoms with Crippen LogP contribution >= 0.6 is 11.6 Å². The number of carbonyl (C=O) groups is 4. The summed E-state index contributed by atoms with van der Waals surface area (Å²) in [5.74, 6) is -0.876. The van der Waals surface area contributed by atoms with E-state index in [1.165, 1.54) is 16.0 Å². The average molecular weight is 538 g/mol. The van der Waals surface area contributed by atoms with Gasteiger partial charge in [-0.15, -0.1) is 0 Å². The number of amidine groups is 1. The highest BCUT2D eigenvalue weighted by atomic mass is 35.5. The zero-order valence-electron chi connectivity index (χ0n) is 21.6. The van der Waals surface area contributed by atoms with Crippen molar-refractivity contribution in [3.8, 4) is 0 Å². The number of nitrogens with one attached hydrogen (secondary N) is 2. The van der Waals surface area contributed by atoms with Gasteiger partial charge >= 0.3 is 6.03 Å². The Bertz CT molecular complexity index is 1260. The van der Waals surface area contributed by atoms with Crippen LogP contribution in [0.3, 0.4) is 0 Å². The van der Waals surface area contributed by atoms with E-state index in [-0.39, 0.29) is 24.3 Å². The molecule has 0 bridgehead atoms. The third-order valence-electron chi connectivity index (χ3n) is 7.19. The molecule has 1 spiro atoms. The van der Waals surface area contributed by atoms with Crippen molar-refractivity contribution in [2.75, 3.05) is 20.6 Å². The normalized spacial score (nSPS) is 20.3. The van der Waals surface area contributed by atoms with Gasteiger partial charge in [0.05, 0.1) is 5.02 Å². The molecule has 2 N–H and O–H groups in total. The molecule has 1 aromatic rings. The van der Waals surface area contributed by atoms with Gasteiger partial charge in [-0.3, -0.25) is 29.6 Å². The molecule has 1 saturated carbocycles. The summed E-state index contributed by atoms with van der Waals surface area (Å²) in [4.78, 5) is 58.2. The van der Waals surface area contributed by atoms with Crippen molar-refractivity contribution < 1.29 is 19.2 Å². The lowest BCUT2D eigenvalue weighted by Gasteiger charge is -2.22. The van der Waals surface area contributed by atoms with E-state index in [1.54, 1.807) is 44.4 Å². The van der Waals surface area contributed by atoms with Crippen molar-refractivity contribution >= 4 is 41.2 Å². The molecule has 1 fully saturated rings. The van der Waals surface area contributed by atoms with Crippen LogP contribution in [0.5, 0.6) is 0 Å². The van der Waals surface area contributed by atoms with Crippen molar-refractivity contribution in [1.29, 1.82) is 0 Å². The van der Waals surface area contributed by atoms with Crippen LogP contribution in [0.2, 0.25) is 5.02 Å². The number of allylic oxidation sites excluding steroid dienone is 4. The standard InChI is InChI=1S/C28H32ClN5O4/c1-4-18-15-20(25(36)31-27(38)33(2)3)16-19(18)11-14-30-23(35)17-34-24(21-9-5-6-10-22(21)29)32-28(26(34)37)12-7-8-13-28/h4-6,9-11,14,20H,1,7-8,12-13,15-17H2,2-3H3,(H,30,35)(H,31,36,38)/b14-11+. The lowest BCUT2D eigenvalue weighted by Crippen LogP contribution is -2.45. The highest BCUT2D eigenvalue weighted by Crippen LogP contribution is 2.40. The molecule has 1 heterocycles. The maximum Gasteiger partial charge on any atom is 0.323 e. The van der Waals surface area contributed by atoms with Crippen LogP contribution in [0.15, 0.2) is 65.3 Å². The van der Waals surface area contributed by atoms with E-state index in [9.17, 15) is 19.2 Å². The Morgan fingerprint density at radius 2 is 1.87 bits per heavy atom. The summed E-state index contributed by atoms with van der Waals surface area (Å²) in [6, 6.07) is 6.70. The number of benzene rings is 1. The van der Waals surface area contributed by atoms with E-state index >= 15 is 0 Å². The molecule has 0 aromatic heterocycles. The summed E-state index contributed by atoms with van der Waals surface area (Å²) >= 11 is 6.42. The lowest BCUT2D eigenvalue weighted by molar-refractivity contribution is -0.134. The fourth-order valence-corrected chi connectivity index (χ4v) is 5.34. The van der Waals surface area contributed by atoms with Crippen LogP contribution in [0.1, 0.15) is 44.1 Å². The van der Waals surface area contributed by atoms with Crippen molar-refractivity contribution in [1.82, 2.24) is 20.4 Å². The number of urea groups is 1. The molecule has 1 aromatic carbocycles. The van der Waals surface area contributed by atoms with Crippen LogP contribution < -0.4 is 10.6 Å². The highest BCUT2D eigenvalue weighted by molar-refractivity contribution is 6.35. The molecule has 5 amide bonds. The number of carbonyl (C=O) groups excluding carboxylic acids is 4. The number of hydrogen-bond donors (Lipinski definition) is 2. The minimum Gasteiger partial charge on any atom is -0.331 e. The molecule has 1 aliphatic heterocycles. The first-order chi connectivity index (χ1) is 18.1. The van der Waals surface area contributed by atoms with Crippen molar-refractivity contribution in [2.45, 2.75) is 44.1 Å². The molecule has 200 valence electrons. The first kappa shape index (κ1) is 27.3. The Hall–Kier alpha value is -3.72. The maximum atomic E-state index is 13.4. The number of halogens is 1. The Morgan fingerprint density at radius 3 is 2.53 bits per heavy atom. The van der Waals surface area contributed by atoms with E-state index in [0.717, 1.165) is 24.0 Å². The smallest absolute Gasteiger partial charge is 0.323 e. The summed E-state index contributed by atoms with van der Waals surface area (Å²) in [6.07, 6.45) is 8.92. The van der Waals surface area contributed by atoms with Crippen LogP contribution in [0.25, 0.3) is 0 Å². The molecule has 10 heteroatoms. The number of nitrogens with zero attached hydrogens (tertiary/aromatic N) is 3. The van der Waals surface area contributed by atoms with Gasteiger partial charge in [-0.2, -0.15) is 0 Å². The maximum absolute atomic E-state index is 13.4. The molecular weight excluding hydrogens is 506 g/mol. The molecule has 0 radical (unpaired) electrons. The Kier molecular flexibility index (Phi) is 8.16. The number of hydrogen-bond acceptors (Lipinski definition) is 5. The number of amides is 5. The fraction of sp³-hybridized carbons (Fsp3) is 0.393. The van der Waals surface area contributed by atoms with E-state index < -0.39 is 17.5 Å². The van der Waals surface area contributed by atoms with Crippen LogP contribution in [0, 0.1) is 5.92 Å². The zero-order valence-corrected chi connectivity index (χ0v) is 22.4. The SMILES string of the molecule is C=CC1=C(/C=C/NC(=O)CN2C(=O)C3(CCCC3)N=C2c2ccccc2Cl)CC(C(=O)NC(=O)N(C)C)C1. The van der Waals surface area contributed by atoms with Crippen LogP contribution in [-0.4, -0.2) is 65.6 Å². The second-order valence-corrected chi connectivity index (χ2v) is 10.4. The molecule has 2 aliphatic carbocycles. The third-order valence-corrected chi connectivity index (χ3v) is 7.52. The number of aliphatic imine (C=N–C) groups is 1. The Balaban J connectivity index is 1.42. The van der Waals surface area contributed by atoms with Crippen LogP contribution in [0.4, 0.5) is 4.79 Å². The van der Waals surface area contributed by atoms with Gasteiger partial charge < -0.3 is 10.2 Å². The molecule has 38 heavy (non-hydrogen) atoms. The summed E-state index contributed by atoms with van der Waals surface area (Å²) < 4.78 is 0. The van der Waals surface area contributed by atoms with Gasteiger partial charge in [0.15, 0.2) is 0 Å². The molecule has 3 aliphatic rings. The topological polar surface area (TPSA) is 111 Å². The minimum absolute atomic E-state index is 0.169. The average Bonchev–Trinajstić information content (AvgIpc) is 3.59. The largest absolute Gasteiger partial charge is 0.331 e. The minimum atomic E-state index is -0.818. The van der Waals surface area contributed by atoms with Gasteiger partial charge in [-0.05, 0) is 55.0 Å². The van der Waals surface area contributed by atoms with E-state index in [0.29, 0.717) is 42.1 Å². The van der Waals surface area contributed by atoms with Gasteiger partial charge in [0.1, 0.15) is 17.9 Å². The van der Waals surface area contributed by atoms with Crippen LogP contribution in [-0.2, 0) is 14.4 Å². The molecule has 1 unspecified atom stereocenters. The molecule has 4 rings (SSSR count). The van der Waals surface area contributed by atoms with Gasteiger partial charge in [0, 0.05) is 31.8 Å². The second kappa shape index (κ2) is 11.3. The van der Waals surface area contributed by atoms with Gasteiger partial charge in [0.25, 0.3) is 5.91 Å². The summed E-state index contributed by atoms with van der Waals surface area (Å²) in [5, 5.41) is 5.58. The van der Waals surface area contributed by atoms with E-state index in [2.05, 4.69) is 17.2 Å². The fourth-order valence-electron chi connectivity index (χ4n) is 5.12. The van der Waals surface area contributed by atoms with Gasteiger partial charge in [-0.25, -0.2) is 4.79 Å². The first-order valence-corrected chi connectivity index (χ1v) is 13.0. The Labute approximate surface area is 227 Å². The first-order valence-electron chi connectivity index (χ1n) is 12.6. The number of rotatable bonds is 7. The lowest BCUT2D eigenvalue weighted by atomic mass is 9.98. The second-order valence-electron chi connectivity index (χ2n) is 9.99.